The van der Waals surface area contributed by atoms with Gasteiger partial charge in [-0.05, 0) is 54.6 Å². The summed E-state index contributed by atoms with van der Waals surface area (Å²) in [4.78, 5) is 0. The highest BCUT2D eigenvalue weighted by Gasteiger charge is 2.44. The van der Waals surface area contributed by atoms with Crippen LogP contribution in [0.4, 0.5) is 0 Å². The van der Waals surface area contributed by atoms with E-state index in [0.29, 0.717) is 0 Å². The summed E-state index contributed by atoms with van der Waals surface area (Å²) in [5.41, 5.74) is 2.84. The molecule has 3 fully saturated rings. The molecule has 0 aromatic heterocycles. The molecule has 2 unspecified atom stereocenters. The molecular weight excluding hydrogens is 264 g/mol. The Bertz CT molecular complexity index is 439. The van der Waals surface area contributed by atoms with E-state index in [9.17, 15) is 0 Å². The van der Waals surface area contributed by atoms with Gasteiger partial charge >= 0.3 is 0 Å². The number of hydrogen-bond acceptors (Lipinski definition) is 0. The molecule has 4 aliphatic carbocycles. The Kier molecular flexibility index (Phi) is 7.93. The third kappa shape index (κ3) is 5.30. The van der Waals surface area contributed by atoms with Gasteiger partial charge in [0.25, 0.3) is 0 Å². The van der Waals surface area contributed by atoms with E-state index in [2.05, 4.69) is 43.3 Å². The minimum absolute atomic E-state index is 0. The van der Waals surface area contributed by atoms with Crippen molar-refractivity contribution in [3.63, 3.8) is 0 Å². The lowest BCUT2D eigenvalue weighted by atomic mass is 10.0. The third-order valence-corrected chi connectivity index (χ3v) is 5.31. The topological polar surface area (TPSA) is 0 Å². The van der Waals surface area contributed by atoms with Gasteiger partial charge in [0, 0.05) is 0 Å². The highest BCUT2D eigenvalue weighted by molar-refractivity contribution is 5.59. The van der Waals surface area contributed by atoms with Crippen molar-refractivity contribution in [3.05, 3.63) is 41.5 Å². The van der Waals surface area contributed by atoms with Gasteiger partial charge in [0.15, 0.2) is 0 Å². The summed E-state index contributed by atoms with van der Waals surface area (Å²) in [7, 11) is 0. The molecule has 0 N–H and O–H groups in total. The van der Waals surface area contributed by atoms with Crippen LogP contribution in [0.1, 0.15) is 77.8 Å². The van der Waals surface area contributed by atoms with Gasteiger partial charge in [-0.2, -0.15) is 0 Å². The van der Waals surface area contributed by atoms with Gasteiger partial charge < -0.3 is 0 Å². The number of hydrogen-bond donors (Lipinski definition) is 0. The van der Waals surface area contributed by atoms with Gasteiger partial charge in [0.05, 0.1) is 0 Å². The summed E-state index contributed by atoms with van der Waals surface area (Å²) in [5, 5.41) is 0. The minimum Gasteiger partial charge on any atom is -0.0795 e. The second kappa shape index (κ2) is 9.18. The molecular formula is C22H36. The van der Waals surface area contributed by atoms with Crippen LogP contribution in [0.3, 0.4) is 0 Å². The van der Waals surface area contributed by atoms with E-state index in [4.69, 9.17) is 0 Å². The van der Waals surface area contributed by atoms with E-state index in [1.54, 1.807) is 19.3 Å². The van der Waals surface area contributed by atoms with Gasteiger partial charge in [-0.25, -0.2) is 0 Å². The molecule has 0 saturated heterocycles. The van der Waals surface area contributed by atoms with Crippen LogP contribution in [0.25, 0.3) is 6.08 Å². The molecule has 1 aromatic carbocycles. The Morgan fingerprint density at radius 3 is 1.91 bits per heavy atom. The molecule has 0 bridgehead atoms. The van der Waals surface area contributed by atoms with Crippen molar-refractivity contribution in [2.24, 2.45) is 17.8 Å². The first-order valence-electron chi connectivity index (χ1n) is 8.57. The van der Waals surface area contributed by atoms with Crippen LogP contribution < -0.4 is 0 Å². The highest BCUT2D eigenvalue weighted by atomic mass is 14.5. The molecule has 124 valence electrons. The van der Waals surface area contributed by atoms with Crippen molar-refractivity contribution in [3.8, 4) is 0 Å². The van der Waals surface area contributed by atoms with E-state index in [1.807, 2.05) is 0 Å². The summed E-state index contributed by atoms with van der Waals surface area (Å²) in [6.07, 6.45) is 16.1. The van der Waals surface area contributed by atoms with Crippen LogP contribution in [0.15, 0.2) is 30.3 Å². The molecule has 3 saturated carbocycles. The fourth-order valence-electron chi connectivity index (χ4n) is 3.51. The average Bonchev–Trinajstić information content (AvgIpc) is 2.88. The fraction of sp³-hybridized carbons (Fsp3) is 0.636. The number of rotatable bonds is 0. The lowest BCUT2D eigenvalue weighted by Gasteiger charge is -2.04. The molecule has 0 heteroatoms. The second-order valence-electron chi connectivity index (χ2n) is 7.03. The Morgan fingerprint density at radius 2 is 1.50 bits per heavy atom. The zero-order valence-electron chi connectivity index (χ0n) is 12.9. The average molecular weight is 301 g/mol. The van der Waals surface area contributed by atoms with E-state index >= 15 is 0 Å². The number of benzene rings is 1. The van der Waals surface area contributed by atoms with Crippen molar-refractivity contribution >= 4 is 6.08 Å². The Morgan fingerprint density at radius 1 is 0.864 bits per heavy atom. The van der Waals surface area contributed by atoms with Crippen LogP contribution in [0, 0.1) is 17.8 Å². The normalized spacial score (nSPS) is 25.7. The smallest absolute Gasteiger partial charge is 0.00882 e. The molecule has 4 aliphatic rings. The van der Waals surface area contributed by atoms with Crippen molar-refractivity contribution in [1.29, 1.82) is 0 Å². The molecule has 5 rings (SSSR count). The van der Waals surface area contributed by atoms with Gasteiger partial charge in [0.1, 0.15) is 0 Å². The lowest BCUT2D eigenvalue weighted by molar-refractivity contribution is 0.468. The number of fused-ring (bicyclic) bond motifs is 2. The monoisotopic (exact) mass is 300 g/mol. The molecule has 0 heterocycles. The molecule has 0 aliphatic heterocycles. The van der Waals surface area contributed by atoms with Gasteiger partial charge in [-0.3, -0.25) is 0 Å². The first kappa shape index (κ1) is 19.0. The lowest BCUT2D eigenvalue weighted by Crippen LogP contribution is -1.93. The third-order valence-electron chi connectivity index (χ3n) is 5.31. The maximum Gasteiger partial charge on any atom is -0.00882 e. The largest absolute Gasteiger partial charge is 0.0795 e. The van der Waals surface area contributed by atoms with Crippen molar-refractivity contribution in [2.75, 3.05) is 0 Å². The summed E-state index contributed by atoms with van der Waals surface area (Å²) < 4.78 is 0. The summed E-state index contributed by atoms with van der Waals surface area (Å²) in [6.45, 7) is 2.34. The molecule has 22 heavy (non-hydrogen) atoms. The van der Waals surface area contributed by atoms with Crippen LogP contribution in [0.2, 0.25) is 0 Å². The second-order valence-corrected chi connectivity index (χ2v) is 7.03. The number of allylic oxidation sites excluding steroid dienone is 1. The Labute approximate surface area is 139 Å². The zero-order valence-corrected chi connectivity index (χ0v) is 12.9. The predicted molar refractivity (Wildman–Crippen MR) is 101 cm³/mol. The predicted octanol–water partition coefficient (Wildman–Crippen LogP) is 7.14. The molecule has 1 aromatic rings. The molecule has 0 radical (unpaired) electrons. The van der Waals surface area contributed by atoms with E-state index in [-0.39, 0.29) is 14.9 Å². The summed E-state index contributed by atoms with van der Waals surface area (Å²) >= 11 is 0. The Hall–Kier alpha value is -1.04. The van der Waals surface area contributed by atoms with Crippen molar-refractivity contribution in [2.45, 2.75) is 73.1 Å². The van der Waals surface area contributed by atoms with E-state index in [1.165, 1.54) is 48.6 Å². The summed E-state index contributed by atoms with van der Waals surface area (Å²) in [5.74, 6) is 3.51. The fourth-order valence-corrected chi connectivity index (χ4v) is 3.51. The minimum atomic E-state index is 0. The first-order chi connectivity index (χ1) is 9.83. The standard InChI is InChI=1S/C9H8.C6H12.C5H8.2CH4/c1-2-5-9-7-3-6-8(9)4-1;1-6-4-2-3-5-6;1-2-5-3-4(1)5;;/h1-6H,7H2;6H,2-5H2,1H3;4-5H,1-3H2;2*1H4. The molecule has 0 spiro atoms. The van der Waals surface area contributed by atoms with Crippen LogP contribution >= 0.6 is 0 Å². The quantitative estimate of drug-likeness (QED) is 0.477. The zero-order chi connectivity index (χ0) is 13.8. The highest BCUT2D eigenvalue weighted by Crippen LogP contribution is 2.55. The maximum absolute atomic E-state index is 2.34. The Balaban J connectivity index is 0.000000165. The van der Waals surface area contributed by atoms with E-state index < -0.39 is 0 Å². The van der Waals surface area contributed by atoms with Crippen LogP contribution in [0.5, 0.6) is 0 Å². The molecule has 0 nitrogen and oxygen atoms in total. The van der Waals surface area contributed by atoms with Crippen LogP contribution in [-0.2, 0) is 6.42 Å². The van der Waals surface area contributed by atoms with Gasteiger partial charge in [-0.15, -0.1) is 0 Å². The maximum atomic E-state index is 2.34. The van der Waals surface area contributed by atoms with E-state index in [0.717, 1.165) is 12.3 Å². The molecule has 2 atom stereocenters. The SMILES string of the molecule is C.C.C1=Cc2ccccc2C1.C1CC2CC12.CC1CCCC1. The van der Waals surface area contributed by atoms with Crippen molar-refractivity contribution in [1.82, 2.24) is 0 Å². The van der Waals surface area contributed by atoms with Gasteiger partial charge in [-0.1, -0.05) is 83.9 Å². The van der Waals surface area contributed by atoms with Crippen molar-refractivity contribution < 1.29 is 0 Å². The molecule has 0 amide bonds. The van der Waals surface area contributed by atoms with Gasteiger partial charge in [0.2, 0.25) is 0 Å². The van der Waals surface area contributed by atoms with Crippen LogP contribution in [-0.4, -0.2) is 0 Å². The first-order valence-corrected chi connectivity index (χ1v) is 8.57. The summed E-state index contributed by atoms with van der Waals surface area (Å²) in [6, 6.07) is 8.49.